The Morgan fingerprint density at radius 2 is 2.04 bits per heavy atom. The van der Waals surface area contributed by atoms with Crippen LogP contribution in [0.4, 0.5) is 0 Å². The van der Waals surface area contributed by atoms with Crippen molar-refractivity contribution in [3.63, 3.8) is 0 Å². The van der Waals surface area contributed by atoms with Gasteiger partial charge in [0.25, 0.3) is 0 Å². The summed E-state index contributed by atoms with van der Waals surface area (Å²) >= 11 is 0. The van der Waals surface area contributed by atoms with E-state index in [0.717, 1.165) is 56.4 Å². The van der Waals surface area contributed by atoms with Crippen LogP contribution >= 0.6 is 0 Å². The topological polar surface area (TPSA) is 79.4 Å². The quantitative estimate of drug-likeness (QED) is 0.843. The fourth-order valence-corrected chi connectivity index (χ4v) is 4.06. The molecule has 2 aliphatic heterocycles. The van der Waals surface area contributed by atoms with Crippen molar-refractivity contribution in [2.24, 2.45) is 0 Å². The Bertz CT molecular complexity index is 814. The van der Waals surface area contributed by atoms with Crippen LogP contribution in [0.15, 0.2) is 29.1 Å². The Hall–Kier alpha value is -2.12. The molecule has 4 rings (SSSR count). The summed E-state index contributed by atoms with van der Waals surface area (Å²) in [6.07, 6.45) is 4.05. The van der Waals surface area contributed by atoms with Crippen LogP contribution in [0.2, 0.25) is 0 Å². The highest BCUT2D eigenvalue weighted by Crippen LogP contribution is 2.24. The molecule has 2 saturated heterocycles. The number of fused-ring (bicyclic) bond motifs is 1. The highest BCUT2D eigenvalue weighted by atomic mass is 16.5. The van der Waals surface area contributed by atoms with Gasteiger partial charge in [0.1, 0.15) is 0 Å². The monoisotopic (exact) mass is 358 g/mol. The Kier molecular flexibility index (Phi) is 5.08. The number of hydrogen-bond donors (Lipinski definition) is 2. The number of amides is 1. The number of rotatable bonds is 5. The molecule has 1 amide bonds. The minimum Gasteiger partial charge on any atom is -0.376 e. The van der Waals surface area contributed by atoms with E-state index in [1.54, 1.807) is 0 Å². The molecule has 26 heavy (non-hydrogen) atoms. The molecule has 0 bridgehead atoms. The van der Waals surface area contributed by atoms with Gasteiger partial charge in [-0.15, -0.1) is 0 Å². The lowest BCUT2D eigenvalue weighted by atomic mass is 10.0. The second-order valence-corrected chi connectivity index (χ2v) is 7.26. The number of likely N-dealkylation sites (tertiary alicyclic amines) is 1. The number of piperidine rings is 1. The van der Waals surface area contributed by atoms with Crippen LogP contribution in [0.3, 0.4) is 0 Å². The third-order valence-corrected chi connectivity index (χ3v) is 5.46. The van der Waals surface area contributed by atoms with E-state index in [1.165, 1.54) is 0 Å². The summed E-state index contributed by atoms with van der Waals surface area (Å²) in [4.78, 5) is 29.6. The first kappa shape index (κ1) is 17.3. The maximum Gasteiger partial charge on any atom is 0.326 e. The molecular formula is C19H26N4O3. The molecule has 0 radical (unpaired) electrons. The lowest BCUT2D eigenvalue weighted by Gasteiger charge is -2.32. The number of carbonyl (C=O) groups excluding carboxylic acids is 1. The number of imidazole rings is 1. The molecule has 7 heteroatoms. The van der Waals surface area contributed by atoms with Crippen LogP contribution in [0.1, 0.15) is 31.7 Å². The zero-order valence-corrected chi connectivity index (χ0v) is 14.9. The van der Waals surface area contributed by atoms with E-state index in [9.17, 15) is 9.59 Å². The van der Waals surface area contributed by atoms with E-state index in [-0.39, 0.29) is 23.7 Å². The number of nitrogens with zero attached hydrogens (tertiary/aromatic N) is 2. The van der Waals surface area contributed by atoms with Crippen LogP contribution in [0, 0.1) is 0 Å². The van der Waals surface area contributed by atoms with Gasteiger partial charge in [-0.1, -0.05) is 12.1 Å². The minimum absolute atomic E-state index is 0.0426. The van der Waals surface area contributed by atoms with Crippen LogP contribution in [0.25, 0.3) is 11.0 Å². The van der Waals surface area contributed by atoms with Gasteiger partial charge >= 0.3 is 5.69 Å². The molecule has 2 aliphatic rings. The molecular weight excluding hydrogens is 332 g/mol. The molecule has 140 valence electrons. The summed E-state index contributed by atoms with van der Waals surface area (Å²) in [6.45, 7) is 3.48. The summed E-state index contributed by atoms with van der Waals surface area (Å²) in [7, 11) is 0. The second-order valence-electron chi connectivity index (χ2n) is 7.26. The largest absolute Gasteiger partial charge is 0.376 e. The Balaban J connectivity index is 1.30. The molecule has 1 aromatic carbocycles. The first-order chi connectivity index (χ1) is 12.7. The zero-order chi connectivity index (χ0) is 17.9. The van der Waals surface area contributed by atoms with Crippen LogP contribution < -0.4 is 11.0 Å². The van der Waals surface area contributed by atoms with Crippen molar-refractivity contribution in [1.82, 2.24) is 19.8 Å². The summed E-state index contributed by atoms with van der Waals surface area (Å²) < 4.78 is 7.41. The van der Waals surface area contributed by atoms with Crippen molar-refractivity contribution in [2.75, 3.05) is 32.8 Å². The summed E-state index contributed by atoms with van der Waals surface area (Å²) in [5.41, 5.74) is 1.80. The first-order valence-electron chi connectivity index (χ1n) is 9.50. The van der Waals surface area contributed by atoms with E-state index < -0.39 is 0 Å². The predicted octanol–water partition coefficient (Wildman–Crippen LogP) is 1.26. The summed E-state index contributed by atoms with van der Waals surface area (Å²) in [5, 5.41) is 2.98. The highest BCUT2D eigenvalue weighted by molar-refractivity contribution is 5.78. The number of benzene rings is 1. The lowest BCUT2D eigenvalue weighted by molar-refractivity contribution is -0.123. The SMILES string of the molecule is O=C(CN1CCC(n2c(=O)[nH]c3ccccc32)CC1)NCC1CCCO1. The molecule has 1 unspecified atom stereocenters. The van der Waals surface area contributed by atoms with E-state index in [4.69, 9.17) is 4.74 Å². The van der Waals surface area contributed by atoms with Gasteiger partial charge < -0.3 is 15.0 Å². The average molecular weight is 358 g/mol. The van der Waals surface area contributed by atoms with Crippen LogP contribution in [-0.4, -0.2) is 59.2 Å². The molecule has 1 aromatic heterocycles. The average Bonchev–Trinajstić information content (AvgIpc) is 3.27. The number of carbonyl (C=O) groups is 1. The van der Waals surface area contributed by atoms with E-state index >= 15 is 0 Å². The minimum atomic E-state index is -0.0426. The van der Waals surface area contributed by atoms with Gasteiger partial charge in [-0.25, -0.2) is 4.79 Å². The zero-order valence-electron chi connectivity index (χ0n) is 14.9. The van der Waals surface area contributed by atoms with E-state index in [1.807, 2.05) is 28.8 Å². The van der Waals surface area contributed by atoms with Crippen molar-refractivity contribution in [3.05, 3.63) is 34.7 Å². The number of hydrogen-bond acceptors (Lipinski definition) is 4. The maximum atomic E-state index is 12.3. The standard InChI is InChI=1S/C19H26N4O3/c24-18(20-12-15-4-3-11-26-15)13-22-9-7-14(8-10-22)23-17-6-2-1-5-16(17)21-19(23)25/h1-2,5-6,14-15H,3-4,7-13H2,(H,20,24)(H,21,25). The molecule has 1 atom stereocenters. The Morgan fingerprint density at radius 3 is 2.81 bits per heavy atom. The van der Waals surface area contributed by atoms with Gasteiger partial charge in [-0.3, -0.25) is 14.3 Å². The van der Waals surface area contributed by atoms with Gasteiger partial charge in [0.05, 0.1) is 23.7 Å². The number of aromatic nitrogens is 2. The van der Waals surface area contributed by atoms with E-state index in [0.29, 0.717) is 13.1 Å². The number of H-pyrrole nitrogens is 1. The lowest BCUT2D eigenvalue weighted by Crippen LogP contribution is -2.44. The van der Waals surface area contributed by atoms with Crippen molar-refractivity contribution in [1.29, 1.82) is 0 Å². The number of nitrogens with one attached hydrogen (secondary N) is 2. The molecule has 0 spiro atoms. The van der Waals surface area contributed by atoms with Gasteiger partial charge in [0.2, 0.25) is 5.91 Å². The van der Waals surface area contributed by atoms with Gasteiger partial charge in [-0.05, 0) is 37.8 Å². The number of aromatic amines is 1. The first-order valence-corrected chi connectivity index (χ1v) is 9.50. The van der Waals surface area contributed by atoms with Crippen molar-refractivity contribution in [2.45, 2.75) is 37.8 Å². The Morgan fingerprint density at radius 1 is 1.23 bits per heavy atom. The molecule has 2 fully saturated rings. The van der Waals surface area contributed by atoms with Gasteiger partial charge in [0.15, 0.2) is 0 Å². The van der Waals surface area contributed by atoms with E-state index in [2.05, 4.69) is 15.2 Å². The highest BCUT2D eigenvalue weighted by Gasteiger charge is 2.25. The molecule has 3 heterocycles. The van der Waals surface area contributed by atoms with Crippen molar-refractivity contribution in [3.8, 4) is 0 Å². The molecule has 2 aromatic rings. The molecule has 2 N–H and O–H groups in total. The fourth-order valence-electron chi connectivity index (χ4n) is 4.06. The normalized spacial score (nSPS) is 22.1. The third kappa shape index (κ3) is 3.68. The molecule has 7 nitrogen and oxygen atoms in total. The van der Waals surface area contributed by atoms with Crippen LogP contribution in [-0.2, 0) is 9.53 Å². The fraction of sp³-hybridized carbons (Fsp3) is 0.579. The number of ether oxygens (including phenoxy) is 1. The summed E-state index contributed by atoms with van der Waals surface area (Å²) in [5.74, 6) is 0.0585. The second kappa shape index (κ2) is 7.63. The molecule has 0 aliphatic carbocycles. The summed E-state index contributed by atoms with van der Waals surface area (Å²) in [6, 6.07) is 7.99. The predicted molar refractivity (Wildman–Crippen MR) is 99.3 cm³/mol. The molecule has 0 saturated carbocycles. The van der Waals surface area contributed by atoms with Crippen molar-refractivity contribution < 1.29 is 9.53 Å². The van der Waals surface area contributed by atoms with Gasteiger partial charge in [0, 0.05) is 32.3 Å². The smallest absolute Gasteiger partial charge is 0.326 e. The third-order valence-electron chi connectivity index (χ3n) is 5.46. The Labute approximate surface area is 152 Å². The van der Waals surface area contributed by atoms with Crippen LogP contribution in [0.5, 0.6) is 0 Å². The van der Waals surface area contributed by atoms with Gasteiger partial charge in [-0.2, -0.15) is 0 Å². The number of para-hydroxylation sites is 2. The van der Waals surface area contributed by atoms with Crippen molar-refractivity contribution >= 4 is 16.9 Å². The maximum absolute atomic E-state index is 12.3.